The van der Waals surface area contributed by atoms with Crippen molar-refractivity contribution >= 4 is 6.03 Å². The minimum absolute atomic E-state index is 0.0880. The molecule has 1 unspecified atom stereocenters. The van der Waals surface area contributed by atoms with Crippen molar-refractivity contribution in [3.05, 3.63) is 35.9 Å². The Morgan fingerprint density at radius 2 is 1.83 bits per heavy atom. The lowest BCUT2D eigenvalue weighted by molar-refractivity contribution is -0.0549. The number of likely N-dealkylation sites (tertiary alicyclic amines) is 1. The van der Waals surface area contributed by atoms with Crippen LogP contribution in [0, 0.1) is 5.92 Å². The van der Waals surface area contributed by atoms with E-state index >= 15 is 4.39 Å². The number of nitrogens with zero attached hydrogens (tertiary/aromatic N) is 2. The fourth-order valence-corrected chi connectivity index (χ4v) is 4.86. The average molecular weight is 426 g/mol. The van der Waals surface area contributed by atoms with Crippen molar-refractivity contribution in [3.63, 3.8) is 0 Å². The zero-order valence-corrected chi connectivity index (χ0v) is 18.0. The number of carbonyl (C=O) groups is 1. The molecule has 1 saturated carbocycles. The summed E-state index contributed by atoms with van der Waals surface area (Å²) in [4.78, 5) is 16.4. The molecule has 2 aliphatic rings. The average Bonchev–Trinajstić information content (AvgIpc) is 2.75. The second-order valence-corrected chi connectivity index (χ2v) is 8.87. The summed E-state index contributed by atoms with van der Waals surface area (Å²) in [6.45, 7) is 0.921. The van der Waals surface area contributed by atoms with Gasteiger partial charge in [0.05, 0.1) is 0 Å². The molecule has 30 heavy (non-hydrogen) atoms. The molecule has 168 valence electrons. The number of rotatable bonds is 6. The van der Waals surface area contributed by atoms with E-state index < -0.39 is 11.7 Å². The van der Waals surface area contributed by atoms with Crippen molar-refractivity contribution in [3.8, 4) is 0 Å². The molecule has 3 rings (SSSR count). The summed E-state index contributed by atoms with van der Waals surface area (Å²) in [7, 11) is 3.52. The monoisotopic (exact) mass is 425 g/mol. The SMILES string of the molecule is CNC[C@H](CC1CCC(F)(F)CC1)N(C)C(=O)N1CCCCC1(F)c1ccccc1. The largest absolute Gasteiger partial charge is 0.323 e. The van der Waals surface area contributed by atoms with Crippen LogP contribution in [0.3, 0.4) is 0 Å². The van der Waals surface area contributed by atoms with Gasteiger partial charge in [0.25, 0.3) is 0 Å². The van der Waals surface area contributed by atoms with Crippen molar-refractivity contribution in [2.75, 3.05) is 27.2 Å². The number of urea groups is 1. The van der Waals surface area contributed by atoms with Crippen LogP contribution < -0.4 is 5.32 Å². The van der Waals surface area contributed by atoms with E-state index in [2.05, 4.69) is 5.32 Å². The Balaban J connectivity index is 1.73. The Bertz CT molecular complexity index is 692. The summed E-state index contributed by atoms with van der Waals surface area (Å²) in [5.41, 5.74) is 0.506. The molecule has 1 N–H and O–H groups in total. The van der Waals surface area contributed by atoms with E-state index in [0.717, 1.165) is 12.8 Å². The molecule has 2 atom stereocenters. The second-order valence-electron chi connectivity index (χ2n) is 8.87. The number of hydrogen-bond acceptors (Lipinski definition) is 2. The number of piperidine rings is 1. The first kappa shape index (κ1) is 22.9. The topological polar surface area (TPSA) is 35.6 Å². The van der Waals surface area contributed by atoms with E-state index in [-0.39, 0.29) is 37.3 Å². The molecule has 1 aromatic carbocycles. The van der Waals surface area contributed by atoms with Gasteiger partial charge in [-0.25, -0.2) is 18.0 Å². The van der Waals surface area contributed by atoms with Crippen LogP contribution >= 0.6 is 0 Å². The number of halogens is 3. The van der Waals surface area contributed by atoms with Crippen LogP contribution in [0.25, 0.3) is 0 Å². The lowest BCUT2D eigenvalue weighted by Gasteiger charge is -2.45. The molecule has 1 aliphatic carbocycles. The summed E-state index contributed by atoms with van der Waals surface area (Å²) in [6.07, 6.45) is 3.20. The molecule has 0 spiro atoms. The third-order valence-electron chi connectivity index (χ3n) is 6.75. The third-order valence-corrected chi connectivity index (χ3v) is 6.75. The number of amides is 2. The lowest BCUT2D eigenvalue weighted by atomic mass is 9.82. The van der Waals surface area contributed by atoms with Gasteiger partial charge < -0.3 is 10.2 Å². The molecule has 2 fully saturated rings. The van der Waals surface area contributed by atoms with Crippen molar-refractivity contribution in [1.82, 2.24) is 15.1 Å². The van der Waals surface area contributed by atoms with E-state index in [1.165, 1.54) is 4.90 Å². The molecular formula is C23H34F3N3O. The molecule has 0 aromatic heterocycles. The van der Waals surface area contributed by atoms with Crippen molar-refractivity contribution in [1.29, 1.82) is 0 Å². The smallest absolute Gasteiger partial charge is 0.322 e. The maximum atomic E-state index is 16.2. The molecule has 1 aromatic rings. The van der Waals surface area contributed by atoms with Crippen molar-refractivity contribution < 1.29 is 18.0 Å². The van der Waals surface area contributed by atoms with Gasteiger partial charge in [-0.05, 0) is 45.1 Å². The van der Waals surface area contributed by atoms with E-state index in [1.807, 2.05) is 13.1 Å². The lowest BCUT2D eigenvalue weighted by Crippen LogP contribution is -2.57. The van der Waals surface area contributed by atoms with E-state index in [0.29, 0.717) is 37.9 Å². The quantitative estimate of drug-likeness (QED) is 0.640. The van der Waals surface area contributed by atoms with Gasteiger partial charge in [-0.2, -0.15) is 0 Å². The maximum absolute atomic E-state index is 16.2. The predicted molar refractivity (Wildman–Crippen MR) is 112 cm³/mol. The van der Waals surface area contributed by atoms with Crippen LogP contribution in [-0.2, 0) is 5.79 Å². The van der Waals surface area contributed by atoms with Crippen LogP contribution in [0.4, 0.5) is 18.0 Å². The van der Waals surface area contributed by atoms with Gasteiger partial charge in [0.2, 0.25) is 11.7 Å². The Labute approximate surface area is 177 Å². The number of alkyl halides is 3. The van der Waals surface area contributed by atoms with Gasteiger partial charge in [0.1, 0.15) is 0 Å². The first-order valence-corrected chi connectivity index (χ1v) is 11.1. The first-order chi connectivity index (χ1) is 14.3. The van der Waals surface area contributed by atoms with Gasteiger partial charge >= 0.3 is 6.03 Å². The maximum Gasteiger partial charge on any atom is 0.322 e. The van der Waals surface area contributed by atoms with Crippen LogP contribution in [-0.4, -0.2) is 55.0 Å². The first-order valence-electron chi connectivity index (χ1n) is 11.1. The van der Waals surface area contributed by atoms with E-state index in [1.54, 1.807) is 36.2 Å². The summed E-state index contributed by atoms with van der Waals surface area (Å²) in [5, 5.41) is 3.11. The minimum Gasteiger partial charge on any atom is -0.323 e. The Kier molecular flexibility index (Phi) is 7.32. The molecular weight excluding hydrogens is 391 g/mol. The van der Waals surface area contributed by atoms with Gasteiger partial charge in [0.15, 0.2) is 0 Å². The number of carbonyl (C=O) groups excluding carboxylic acids is 1. The third kappa shape index (κ3) is 5.10. The van der Waals surface area contributed by atoms with Gasteiger partial charge in [-0.15, -0.1) is 0 Å². The fourth-order valence-electron chi connectivity index (χ4n) is 4.86. The van der Waals surface area contributed by atoms with Crippen LogP contribution in [0.5, 0.6) is 0 Å². The van der Waals surface area contributed by atoms with Crippen molar-refractivity contribution in [2.24, 2.45) is 5.92 Å². The van der Waals surface area contributed by atoms with E-state index in [4.69, 9.17) is 0 Å². The van der Waals surface area contributed by atoms with Gasteiger partial charge in [-0.1, -0.05) is 30.3 Å². The zero-order chi connectivity index (χ0) is 21.8. The fraction of sp³-hybridized carbons (Fsp3) is 0.696. The number of benzene rings is 1. The summed E-state index contributed by atoms with van der Waals surface area (Å²) >= 11 is 0. The molecule has 1 heterocycles. The van der Waals surface area contributed by atoms with Crippen LogP contribution in [0.2, 0.25) is 0 Å². The Hall–Kier alpha value is -1.76. The highest BCUT2D eigenvalue weighted by atomic mass is 19.3. The van der Waals surface area contributed by atoms with Crippen LogP contribution in [0.1, 0.15) is 56.9 Å². The summed E-state index contributed by atoms with van der Waals surface area (Å²) in [5.74, 6) is -4.22. The van der Waals surface area contributed by atoms with Crippen LogP contribution in [0.15, 0.2) is 30.3 Å². The Morgan fingerprint density at radius 3 is 2.47 bits per heavy atom. The molecule has 0 radical (unpaired) electrons. The van der Waals surface area contributed by atoms with E-state index in [9.17, 15) is 13.6 Å². The molecule has 1 saturated heterocycles. The Morgan fingerprint density at radius 1 is 1.17 bits per heavy atom. The highest BCUT2D eigenvalue weighted by molar-refractivity contribution is 5.75. The normalized spacial score (nSPS) is 25.7. The second kappa shape index (κ2) is 9.58. The van der Waals surface area contributed by atoms with Gasteiger partial charge in [0, 0.05) is 51.0 Å². The van der Waals surface area contributed by atoms with Gasteiger partial charge in [-0.3, -0.25) is 4.90 Å². The highest BCUT2D eigenvalue weighted by Crippen LogP contribution is 2.41. The predicted octanol–water partition coefficient (Wildman–Crippen LogP) is 5.15. The molecule has 4 nitrogen and oxygen atoms in total. The number of nitrogens with one attached hydrogen (secondary N) is 1. The zero-order valence-electron chi connectivity index (χ0n) is 18.0. The summed E-state index contributed by atoms with van der Waals surface area (Å²) in [6, 6.07) is 8.40. The summed E-state index contributed by atoms with van der Waals surface area (Å²) < 4.78 is 43.2. The van der Waals surface area contributed by atoms with Crippen molar-refractivity contribution in [2.45, 2.75) is 69.1 Å². The molecule has 1 aliphatic heterocycles. The molecule has 7 heteroatoms. The molecule has 2 amide bonds. The minimum atomic E-state index is -2.56. The number of likely N-dealkylation sites (N-methyl/N-ethyl adjacent to an activating group) is 2. The standard InChI is InChI=1S/C23H34F3N3O/c1-27-17-20(16-18-10-13-22(24,25)14-11-18)28(2)21(30)29-15-7-6-12-23(29,26)19-8-4-3-5-9-19/h3-5,8-9,18,20,27H,6-7,10-17H2,1-2H3/t20-,23?/m0/s1. The number of hydrogen-bond donors (Lipinski definition) is 1. The highest BCUT2D eigenvalue weighted by Gasteiger charge is 2.45. The molecule has 0 bridgehead atoms.